The molecule has 36 heavy (non-hydrogen) atoms. The number of carbonyl (C=O) groups excluding carboxylic acids is 1. The highest BCUT2D eigenvalue weighted by Gasteiger charge is 2.14. The number of aliphatic hydroxyl groups excluding tert-OH is 2. The number of nitrogens with one attached hydrogen (secondary N) is 1. The Morgan fingerprint density at radius 2 is 1.22 bits per heavy atom. The Morgan fingerprint density at radius 1 is 0.694 bits per heavy atom. The highest BCUT2D eigenvalue weighted by Crippen LogP contribution is 2.35. The summed E-state index contributed by atoms with van der Waals surface area (Å²) in [6.45, 7) is 1.03. The number of hydrogen-bond acceptors (Lipinski definition) is 4. The molecular formula is C31H26N2O3. The fraction of sp³-hybridized carbons (Fsp3) is 0.0968. The van der Waals surface area contributed by atoms with E-state index >= 15 is 0 Å². The summed E-state index contributed by atoms with van der Waals surface area (Å²) in [7, 11) is 0. The average Bonchev–Trinajstić information content (AvgIpc) is 2.92. The second-order valence-corrected chi connectivity index (χ2v) is 8.73. The van der Waals surface area contributed by atoms with Gasteiger partial charge < -0.3 is 15.5 Å². The summed E-state index contributed by atoms with van der Waals surface area (Å²) in [5.74, 6) is 0.182. The van der Waals surface area contributed by atoms with Gasteiger partial charge in [0.2, 0.25) is 5.91 Å². The summed E-state index contributed by atoms with van der Waals surface area (Å²) in [5.41, 5.74) is 7.14. The van der Waals surface area contributed by atoms with Crippen LogP contribution >= 0.6 is 0 Å². The molecule has 0 saturated carbocycles. The lowest BCUT2D eigenvalue weighted by molar-refractivity contribution is -0.114. The van der Waals surface area contributed by atoms with Gasteiger partial charge in [0, 0.05) is 17.9 Å². The van der Waals surface area contributed by atoms with E-state index in [9.17, 15) is 15.0 Å². The van der Waals surface area contributed by atoms with E-state index < -0.39 is 0 Å². The average molecular weight is 475 g/mol. The van der Waals surface area contributed by atoms with E-state index in [4.69, 9.17) is 4.98 Å². The molecule has 0 aliphatic rings. The van der Waals surface area contributed by atoms with Crippen LogP contribution in [-0.2, 0) is 18.0 Å². The molecule has 0 saturated heterocycles. The first kappa shape index (κ1) is 23.4. The van der Waals surface area contributed by atoms with E-state index in [-0.39, 0.29) is 19.1 Å². The molecule has 0 bridgehead atoms. The molecule has 1 amide bonds. The SMILES string of the molecule is CC(=O)Nc1nc(-c2cc(-c3ccccc3)cc(-c3ccccc3)c2)cc2cc(CO)c(CO)cc12. The Bertz CT molecular complexity index is 1490. The molecule has 3 N–H and O–H groups in total. The molecule has 0 aliphatic heterocycles. The number of pyridine rings is 1. The van der Waals surface area contributed by atoms with Crippen LogP contribution in [0.5, 0.6) is 0 Å². The third kappa shape index (κ3) is 4.75. The Balaban J connectivity index is 1.76. The Hall–Kier alpha value is -4.32. The van der Waals surface area contributed by atoms with Crippen molar-refractivity contribution < 1.29 is 15.0 Å². The highest BCUT2D eigenvalue weighted by molar-refractivity contribution is 6.02. The van der Waals surface area contributed by atoms with Crippen LogP contribution < -0.4 is 5.32 Å². The van der Waals surface area contributed by atoms with Crippen LogP contribution in [0.25, 0.3) is 44.3 Å². The topological polar surface area (TPSA) is 82.5 Å². The van der Waals surface area contributed by atoms with Crippen molar-refractivity contribution in [1.82, 2.24) is 4.98 Å². The second-order valence-electron chi connectivity index (χ2n) is 8.73. The fourth-order valence-electron chi connectivity index (χ4n) is 4.47. The smallest absolute Gasteiger partial charge is 0.222 e. The lowest BCUT2D eigenvalue weighted by Gasteiger charge is -2.15. The largest absolute Gasteiger partial charge is 0.392 e. The number of hydrogen-bond donors (Lipinski definition) is 3. The number of nitrogens with zero attached hydrogens (tertiary/aromatic N) is 1. The van der Waals surface area contributed by atoms with Crippen molar-refractivity contribution >= 4 is 22.5 Å². The second kappa shape index (κ2) is 10.1. The van der Waals surface area contributed by atoms with E-state index in [1.165, 1.54) is 6.92 Å². The van der Waals surface area contributed by atoms with E-state index in [2.05, 4.69) is 47.8 Å². The normalized spacial score (nSPS) is 11.0. The van der Waals surface area contributed by atoms with Crippen LogP contribution in [0.1, 0.15) is 18.1 Å². The minimum Gasteiger partial charge on any atom is -0.392 e. The van der Waals surface area contributed by atoms with Gasteiger partial charge in [0.1, 0.15) is 5.82 Å². The van der Waals surface area contributed by atoms with E-state index in [0.29, 0.717) is 28.0 Å². The summed E-state index contributed by atoms with van der Waals surface area (Å²) >= 11 is 0. The number of fused-ring (bicyclic) bond motifs is 1. The van der Waals surface area contributed by atoms with Crippen molar-refractivity contribution in [3.63, 3.8) is 0 Å². The third-order valence-corrected chi connectivity index (χ3v) is 6.23. The molecule has 0 aliphatic carbocycles. The van der Waals surface area contributed by atoms with Crippen molar-refractivity contribution in [3.8, 4) is 33.5 Å². The van der Waals surface area contributed by atoms with Crippen molar-refractivity contribution in [3.05, 3.63) is 108 Å². The Kier molecular flexibility index (Phi) is 6.58. The molecular weight excluding hydrogens is 448 g/mol. The zero-order valence-electron chi connectivity index (χ0n) is 19.9. The van der Waals surface area contributed by atoms with Gasteiger partial charge in [-0.1, -0.05) is 60.7 Å². The summed E-state index contributed by atoms with van der Waals surface area (Å²) < 4.78 is 0. The van der Waals surface area contributed by atoms with Crippen molar-refractivity contribution in [2.24, 2.45) is 0 Å². The third-order valence-electron chi connectivity index (χ3n) is 6.23. The van der Waals surface area contributed by atoms with Crippen molar-refractivity contribution in [1.29, 1.82) is 0 Å². The van der Waals surface area contributed by atoms with Gasteiger partial charge in [-0.2, -0.15) is 0 Å². The monoisotopic (exact) mass is 474 g/mol. The predicted octanol–water partition coefficient (Wildman–Crippen LogP) is 6.18. The number of anilines is 1. The van der Waals surface area contributed by atoms with Crippen LogP contribution in [-0.4, -0.2) is 21.1 Å². The van der Waals surface area contributed by atoms with Gasteiger partial charge in [-0.25, -0.2) is 4.98 Å². The molecule has 0 atom stereocenters. The van der Waals surface area contributed by atoms with E-state index in [1.54, 1.807) is 6.07 Å². The van der Waals surface area contributed by atoms with Crippen LogP contribution in [0, 0.1) is 0 Å². The molecule has 0 fully saturated rings. The molecule has 5 rings (SSSR count). The molecule has 5 heteroatoms. The van der Waals surface area contributed by atoms with Gasteiger partial charge in [0.25, 0.3) is 0 Å². The first-order valence-electron chi connectivity index (χ1n) is 11.8. The number of benzene rings is 4. The number of amides is 1. The van der Waals surface area contributed by atoms with Gasteiger partial charge in [0.05, 0.1) is 18.9 Å². The van der Waals surface area contributed by atoms with Gasteiger partial charge >= 0.3 is 0 Å². The van der Waals surface area contributed by atoms with Crippen LogP contribution in [0.3, 0.4) is 0 Å². The minimum atomic E-state index is -0.235. The Labute approximate surface area is 209 Å². The van der Waals surface area contributed by atoms with Crippen LogP contribution in [0.2, 0.25) is 0 Å². The van der Waals surface area contributed by atoms with Gasteiger partial charge in [0.15, 0.2) is 0 Å². The lowest BCUT2D eigenvalue weighted by Crippen LogP contribution is -2.09. The van der Waals surface area contributed by atoms with Crippen LogP contribution in [0.4, 0.5) is 5.82 Å². The maximum Gasteiger partial charge on any atom is 0.222 e. The molecule has 0 radical (unpaired) electrons. The Morgan fingerprint density at radius 3 is 1.75 bits per heavy atom. The van der Waals surface area contributed by atoms with Crippen molar-refractivity contribution in [2.45, 2.75) is 20.1 Å². The van der Waals surface area contributed by atoms with Crippen LogP contribution in [0.15, 0.2) is 97.1 Å². The van der Waals surface area contributed by atoms with E-state index in [1.807, 2.05) is 48.5 Å². The summed E-state index contributed by atoms with van der Waals surface area (Å²) in [4.78, 5) is 16.9. The molecule has 178 valence electrons. The lowest BCUT2D eigenvalue weighted by atomic mass is 9.94. The van der Waals surface area contributed by atoms with Gasteiger partial charge in [-0.05, 0) is 75.2 Å². The molecule has 1 aromatic heterocycles. The zero-order valence-corrected chi connectivity index (χ0v) is 19.9. The minimum absolute atomic E-state index is 0.194. The first-order chi connectivity index (χ1) is 17.6. The highest BCUT2D eigenvalue weighted by atomic mass is 16.3. The van der Waals surface area contributed by atoms with Gasteiger partial charge in [-0.3, -0.25) is 4.79 Å². The number of aromatic nitrogens is 1. The van der Waals surface area contributed by atoms with Crippen molar-refractivity contribution in [2.75, 3.05) is 5.32 Å². The first-order valence-corrected chi connectivity index (χ1v) is 11.8. The maximum atomic E-state index is 12.0. The molecule has 5 nitrogen and oxygen atoms in total. The van der Waals surface area contributed by atoms with E-state index in [0.717, 1.165) is 33.2 Å². The number of carbonyl (C=O) groups is 1. The fourth-order valence-corrected chi connectivity index (χ4v) is 4.47. The zero-order chi connectivity index (χ0) is 25.1. The summed E-state index contributed by atoms with van der Waals surface area (Å²) in [6, 6.07) is 32.3. The maximum absolute atomic E-state index is 12.0. The summed E-state index contributed by atoms with van der Waals surface area (Å²) in [6.07, 6.45) is 0. The summed E-state index contributed by atoms with van der Waals surface area (Å²) in [5, 5.41) is 24.0. The molecule has 0 unspecified atom stereocenters. The number of rotatable bonds is 6. The molecule has 1 heterocycles. The standard InChI is InChI=1S/C31H26N2O3/c1-20(36)32-31-29-16-28(19-35)27(18-34)15-25(29)17-30(33-31)26-13-23(21-8-4-2-5-9-21)12-24(14-26)22-10-6-3-7-11-22/h2-17,34-35H,18-19H2,1H3,(H,32,33,36). The quantitative estimate of drug-likeness (QED) is 0.274. The molecule has 5 aromatic rings. The number of aliphatic hydroxyl groups is 2. The molecule has 0 spiro atoms. The van der Waals surface area contributed by atoms with Gasteiger partial charge in [-0.15, -0.1) is 0 Å². The molecule has 4 aromatic carbocycles. The predicted molar refractivity (Wildman–Crippen MR) is 144 cm³/mol.